The van der Waals surface area contributed by atoms with Crippen molar-refractivity contribution in [2.45, 2.75) is 125 Å². The summed E-state index contributed by atoms with van der Waals surface area (Å²) in [5.41, 5.74) is 22.1. The Morgan fingerprint density at radius 2 is 0.835 bits per heavy atom. The zero-order chi connectivity index (χ0) is 83.2. The van der Waals surface area contributed by atoms with E-state index in [0.29, 0.717) is 75.9 Å². The van der Waals surface area contributed by atoms with Gasteiger partial charge in [-0.15, -0.1) is 0 Å². The Labute approximate surface area is 671 Å². The number of anilines is 5. The fourth-order valence-corrected chi connectivity index (χ4v) is 16.4. The summed E-state index contributed by atoms with van der Waals surface area (Å²) < 4.78 is 89.4. The van der Waals surface area contributed by atoms with Crippen LogP contribution >= 0.6 is 11.6 Å². The molecule has 3 fully saturated rings. The molecule has 0 bridgehead atoms. The third-order valence-corrected chi connectivity index (χ3v) is 22.6. The first kappa shape index (κ1) is 84.5. The van der Waals surface area contributed by atoms with E-state index in [1.165, 1.54) is 59.2 Å². The van der Waals surface area contributed by atoms with Crippen molar-refractivity contribution in [1.82, 2.24) is 77.8 Å². The molecule has 6 atom stereocenters. The van der Waals surface area contributed by atoms with Crippen molar-refractivity contribution < 1.29 is 59.6 Å². The molecule has 12 heterocycles. The predicted molar refractivity (Wildman–Crippen MR) is 438 cm³/mol. The number of hydrogen-bond donors (Lipinski definition) is 5. The van der Waals surface area contributed by atoms with Crippen molar-refractivity contribution in [3.8, 4) is 33.8 Å². The summed E-state index contributed by atoms with van der Waals surface area (Å²) in [6.45, 7) is 20.2. The minimum atomic E-state index is -4.00. The normalized spacial score (nSPS) is 17.7. The molecule has 2 aromatic carbocycles. The fourth-order valence-electron chi connectivity index (χ4n) is 13.5. The largest absolute Gasteiger partial charge is 0.444 e. The molecule has 0 aliphatic carbocycles. The number of aromatic nitrogens is 12. The second-order valence-electron chi connectivity index (χ2n) is 30.3. The lowest BCUT2D eigenvalue weighted by Gasteiger charge is -2.30. The number of H-pyrrole nitrogens is 1. The molecule has 0 spiro atoms. The summed E-state index contributed by atoms with van der Waals surface area (Å²) in [7, 11) is 2.25. The SMILES string of the molecule is CO[C@@H]1CN(c2ccnc3[nH]cc(-c4ccnc(N)n4)c23)C[C@H]1N(C)C(=O)OC(C)(C)C.CO[C@@H]1CN(c2ccnc3c2c(-c2ccnc(N)n2)cn3S(=O)(=O)c2ccccc2)C[C@H]1N(C)C(=O)OC(C)(C)C.CO[C@@H]1CNC[C@H]1N(C)C(=O)OC(C)(C)C.Nc1nccc(-c2cn(S(=O)(=O)c3ccccc3)c3nccc(Cl)c23)n1. The molecule has 9 aromatic heterocycles. The molecule has 610 valence electrons. The number of aromatic amines is 1. The Balaban J connectivity index is 0.000000158. The van der Waals surface area contributed by atoms with Crippen LogP contribution in [0, 0.1) is 0 Å². The second-order valence-corrected chi connectivity index (χ2v) is 34.3. The van der Waals surface area contributed by atoms with Gasteiger partial charge in [0.1, 0.15) is 22.5 Å². The molecule has 0 radical (unpaired) electrons. The van der Waals surface area contributed by atoms with Gasteiger partial charge in [-0.05, 0) is 123 Å². The van der Waals surface area contributed by atoms with Crippen LogP contribution in [0.4, 0.5) is 43.6 Å². The number of fused-ring (bicyclic) bond motifs is 3. The quantitative estimate of drug-likeness (QED) is 0.0596. The number of halogens is 1. The first-order valence-corrected chi connectivity index (χ1v) is 39.8. The molecule has 14 rings (SSSR count). The van der Waals surface area contributed by atoms with Gasteiger partial charge in [0.05, 0.1) is 90.5 Å². The van der Waals surface area contributed by atoms with Crippen LogP contribution in [0.1, 0.15) is 62.3 Å². The van der Waals surface area contributed by atoms with E-state index in [1.54, 1.807) is 130 Å². The Hall–Kier alpha value is -11.4. The smallest absolute Gasteiger partial charge is 0.410 e. The van der Waals surface area contributed by atoms with Crippen LogP contribution in [-0.4, -0.2) is 243 Å². The average molecular weight is 1640 g/mol. The molecule has 8 N–H and O–H groups in total. The number of pyridine rings is 3. The summed E-state index contributed by atoms with van der Waals surface area (Å²) in [6, 6.07) is 26.3. The molecule has 3 aliphatic heterocycles. The number of carbonyl (C=O) groups is 3. The van der Waals surface area contributed by atoms with Gasteiger partial charge in [0.2, 0.25) is 17.8 Å². The third-order valence-electron chi connectivity index (χ3n) is 19.0. The number of benzene rings is 2. The molecule has 37 heteroatoms. The highest BCUT2D eigenvalue weighted by Gasteiger charge is 2.43. The monoisotopic (exact) mass is 1630 g/mol. The lowest BCUT2D eigenvalue weighted by atomic mass is 10.1. The number of ether oxygens (including phenoxy) is 6. The summed E-state index contributed by atoms with van der Waals surface area (Å²) in [4.78, 5) is 87.9. The van der Waals surface area contributed by atoms with E-state index in [0.717, 1.165) is 39.3 Å². The summed E-state index contributed by atoms with van der Waals surface area (Å²) in [5, 5.41) is 5.54. The van der Waals surface area contributed by atoms with Gasteiger partial charge < -0.3 is 80.4 Å². The number of nitrogens with zero attached hydrogens (tertiary/aromatic N) is 16. The number of rotatable bonds is 15. The number of methoxy groups -OCH3 is 3. The number of carbonyl (C=O) groups excluding carboxylic acids is 3. The highest BCUT2D eigenvalue weighted by molar-refractivity contribution is 7.90. The van der Waals surface area contributed by atoms with Gasteiger partial charge >= 0.3 is 18.3 Å². The number of nitrogens with one attached hydrogen (secondary N) is 2. The molecular formula is C78H96ClN21O13S2. The van der Waals surface area contributed by atoms with Crippen LogP contribution in [0.3, 0.4) is 0 Å². The molecule has 115 heavy (non-hydrogen) atoms. The maximum Gasteiger partial charge on any atom is 0.410 e. The Bertz CT molecular complexity index is 5530. The van der Waals surface area contributed by atoms with Gasteiger partial charge in [-0.1, -0.05) is 48.0 Å². The van der Waals surface area contributed by atoms with Crippen molar-refractivity contribution >= 4 is 112 Å². The predicted octanol–water partition coefficient (Wildman–Crippen LogP) is 9.86. The minimum Gasteiger partial charge on any atom is -0.444 e. The van der Waals surface area contributed by atoms with E-state index in [-0.39, 0.29) is 87.6 Å². The molecular weight excluding hydrogens is 1540 g/mol. The maximum absolute atomic E-state index is 13.8. The van der Waals surface area contributed by atoms with E-state index >= 15 is 0 Å². The maximum atomic E-state index is 13.8. The lowest BCUT2D eigenvalue weighted by Crippen LogP contribution is -2.47. The van der Waals surface area contributed by atoms with E-state index in [1.807, 2.05) is 86.7 Å². The van der Waals surface area contributed by atoms with Gasteiger partial charge in [0, 0.05) is 160 Å². The minimum absolute atomic E-state index is 0.0394. The van der Waals surface area contributed by atoms with E-state index < -0.39 is 42.9 Å². The average Bonchev–Trinajstić information content (AvgIpc) is 1.61. The van der Waals surface area contributed by atoms with E-state index in [9.17, 15) is 31.2 Å². The third kappa shape index (κ3) is 19.2. The van der Waals surface area contributed by atoms with Crippen LogP contribution in [0.2, 0.25) is 5.02 Å². The Morgan fingerprint density at radius 3 is 1.25 bits per heavy atom. The number of amides is 3. The molecule has 3 amide bonds. The number of nitrogen functional groups attached to an aromatic ring is 3. The topological polar surface area (TPSA) is 423 Å². The number of likely N-dealkylation sites (N-methyl/N-ethyl adjacent to an activating group) is 3. The number of hydrogen-bond acceptors (Lipinski definition) is 28. The lowest BCUT2D eigenvalue weighted by molar-refractivity contribution is 0.00321. The zero-order valence-electron chi connectivity index (χ0n) is 66.5. The van der Waals surface area contributed by atoms with Gasteiger partial charge in [-0.3, -0.25) is 0 Å². The van der Waals surface area contributed by atoms with Crippen LogP contribution in [0.15, 0.2) is 163 Å². The van der Waals surface area contributed by atoms with Gasteiger partial charge in [0.15, 0.2) is 11.3 Å². The molecule has 3 saturated heterocycles. The summed E-state index contributed by atoms with van der Waals surface area (Å²) in [6.07, 6.45) is 12.7. The van der Waals surface area contributed by atoms with Crippen molar-refractivity contribution in [1.29, 1.82) is 0 Å². The molecule has 0 unspecified atom stereocenters. The Morgan fingerprint density at radius 1 is 0.461 bits per heavy atom. The molecule has 11 aromatic rings. The fraction of sp³-hybridized carbons (Fsp3) is 0.385. The second kappa shape index (κ2) is 34.7. The van der Waals surface area contributed by atoms with Gasteiger partial charge in [0.25, 0.3) is 20.0 Å². The number of nitrogens with two attached hydrogens (primary N) is 3. The first-order chi connectivity index (χ1) is 54.4. The van der Waals surface area contributed by atoms with Gasteiger partial charge in [-0.2, -0.15) is 0 Å². The summed E-state index contributed by atoms with van der Waals surface area (Å²) >= 11 is 6.34. The van der Waals surface area contributed by atoms with E-state index in [4.69, 9.17) is 57.2 Å². The van der Waals surface area contributed by atoms with E-state index in [2.05, 4.69) is 65.0 Å². The standard InChI is InChI=1S/C28H33N7O5S.C22H29N7O3.C17H12ClN5O2S.C11H22N2O3/c1-28(2,3)40-27(36)33(4)22-16-34(17-23(22)39-5)21-12-14-30-25-24(21)19(20-11-13-31-26(29)32-20)15-35(25)41(37,38)18-9-7-6-8-10-18;1-22(2,3)32-21(30)28(4)16-11-29(12-17(16)31-5)15-7-9-24-19-18(15)13(10-26-19)14-6-8-25-20(23)27-14;18-13-6-8-20-16-15(13)12(14-7-9-21-17(19)22-14)10-23(16)26(24,25)11-4-2-1-3-5-11;1-11(2,3)16-10(14)13(4)8-6-12-7-9(8)15-5/h6-15,22-23H,16-17H2,1-5H3,(H2,29,31,32);6-10,16-17H,11-12H2,1-5H3,(H,24,26)(H2,23,25,27);1-10H,(H2,19,21,22);8-9,12H,6-7H2,1-5H3/t22-,23-;16-,17-;;8-,9-/m11.1/s1. The van der Waals surface area contributed by atoms with Crippen molar-refractivity contribution in [2.24, 2.45) is 0 Å². The molecule has 3 aliphatic rings. The van der Waals surface area contributed by atoms with Gasteiger partial charge in [-0.25, -0.2) is 84.0 Å². The van der Waals surface area contributed by atoms with Crippen LogP contribution < -0.4 is 32.3 Å². The van der Waals surface area contributed by atoms with Crippen LogP contribution in [0.5, 0.6) is 0 Å². The zero-order valence-corrected chi connectivity index (χ0v) is 68.9. The highest BCUT2D eigenvalue weighted by atomic mass is 35.5. The van der Waals surface area contributed by atoms with Crippen LogP contribution in [0.25, 0.3) is 66.9 Å². The molecule has 0 saturated carbocycles. The van der Waals surface area contributed by atoms with Crippen molar-refractivity contribution in [3.05, 3.63) is 158 Å². The first-order valence-electron chi connectivity index (χ1n) is 36.6. The molecule has 34 nitrogen and oxygen atoms in total. The Kier molecular flexibility index (Phi) is 25.5. The van der Waals surface area contributed by atoms with Crippen molar-refractivity contribution in [3.63, 3.8) is 0 Å². The highest BCUT2D eigenvalue weighted by Crippen LogP contribution is 2.42. The summed E-state index contributed by atoms with van der Waals surface area (Å²) in [5.74, 6) is 0.343. The van der Waals surface area contributed by atoms with Crippen molar-refractivity contribution in [2.75, 3.05) is 109 Å². The van der Waals surface area contributed by atoms with Crippen LogP contribution in [-0.2, 0) is 48.5 Å².